The lowest BCUT2D eigenvalue weighted by molar-refractivity contribution is 1.24. The number of pyridine rings is 11. The fourth-order valence-electron chi connectivity index (χ4n) is 7.81. The summed E-state index contributed by atoms with van der Waals surface area (Å²) in [5.74, 6) is 0. The molecule has 11 heterocycles. The maximum Gasteiger partial charge on any atom is 0.0746 e. The normalized spacial score (nSPS) is 9.92. The second-order valence-corrected chi connectivity index (χ2v) is 17.6. The molecule has 0 aliphatic heterocycles. The smallest absolute Gasteiger partial charge is 0.0746 e. The first-order chi connectivity index (χ1) is 38.3. The zero-order valence-electron chi connectivity index (χ0n) is 44.7. The van der Waals surface area contributed by atoms with E-state index in [2.05, 4.69) is 121 Å². The first kappa shape index (κ1) is 55.6. The Hall–Kier alpha value is -10.1. The van der Waals surface area contributed by atoms with Crippen LogP contribution in [0.1, 0.15) is 33.4 Å². The maximum atomic E-state index is 4.32. The predicted octanol–water partition coefficient (Wildman–Crippen LogP) is 15.3. The summed E-state index contributed by atoms with van der Waals surface area (Å²) < 4.78 is 0. The van der Waals surface area contributed by atoms with Gasteiger partial charge in [-0.1, -0.05) is 54.6 Å². The van der Waals surface area contributed by atoms with Crippen molar-refractivity contribution in [3.05, 3.63) is 297 Å². The Morgan fingerprint density at radius 2 is 0.564 bits per heavy atom. The van der Waals surface area contributed by atoms with Crippen LogP contribution in [-0.4, -0.2) is 54.8 Å². The molecule has 0 spiro atoms. The molecule has 384 valence electrons. The third kappa shape index (κ3) is 17.0. The first-order valence-electron chi connectivity index (χ1n) is 25.3. The summed E-state index contributed by atoms with van der Waals surface area (Å²) in [5.41, 5.74) is 20.7. The quantitative estimate of drug-likeness (QED) is 0.157. The Bertz CT molecular complexity index is 3000. The summed E-state index contributed by atoms with van der Waals surface area (Å²) in [6, 6.07) is 48.0. The van der Waals surface area contributed by atoms with E-state index in [1.54, 1.807) is 68.2 Å². The molecule has 0 N–H and O–H groups in total. The molecule has 0 radical (unpaired) electrons. The third-order valence-corrected chi connectivity index (χ3v) is 12.1. The molecule has 0 aliphatic rings. The molecule has 78 heavy (non-hydrogen) atoms. The average molecular weight is 1020 g/mol. The van der Waals surface area contributed by atoms with Crippen molar-refractivity contribution in [2.24, 2.45) is 0 Å². The molecule has 11 aromatic heterocycles. The Kier molecular flexibility index (Phi) is 21.6. The summed E-state index contributed by atoms with van der Waals surface area (Å²) in [7, 11) is 0. The topological polar surface area (TPSA) is 142 Å². The number of aryl methyl sites for hydroxylation is 6. The van der Waals surface area contributed by atoms with Crippen molar-refractivity contribution >= 4 is 0 Å². The summed E-state index contributed by atoms with van der Waals surface area (Å²) >= 11 is 0. The highest BCUT2D eigenvalue weighted by Crippen LogP contribution is 2.24. The van der Waals surface area contributed by atoms with Crippen LogP contribution in [0.15, 0.2) is 263 Å². The van der Waals surface area contributed by atoms with Crippen molar-refractivity contribution in [3.63, 3.8) is 0 Å². The number of hydrogen-bond donors (Lipinski definition) is 0. The lowest BCUT2D eigenvalue weighted by Gasteiger charge is -2.03. The Balaban J connectivity index is 0.000000136. The van der Waals surface area contributed by atoms with Gasteiger partial charge in [-0.15, -0.1) is 0 Å². The summed E-state index contributed by atoms with van der Waals surface area (Å²) in [5, 5.41) is 0. The highest BCUT2D eigenvalue weighted by atomic mass is 14.7. The van der Waals surface area contributed by atoms with Crippen LogP contribution in [0.3, 0.4) is 0 Å². The van der Waals surface area contributed by atoms with E-state index < -0.39 is 0 Å². The fourth-order valence-corrected chi connectivity index (χ4v) is 7.81. The summed E-state index contributed by atoms with van der Waals surface area (Å²) in [6.45, 7) is 12.4. The Morgan fingerprint density at radius 1 is 0.205 bits per heavy atom. The summed E-state index contributed by atoms with van der Waals surface area (Å²) in [6.07, 6.45) is 34.5. The number of rotatable bonds is 6. The molecule has 0 amide bonds. The van der Waals surface area contributed by atoms with Crippen molar-refractivity contribution in [2.45, 2.75) is 41.5 Å². The molecule has 0 bridgehead atoms. The van der Waals surface area contributed by atoms with Gasteiger partial charge < -0.3 is 0 Å². The number of nitrogens with zero attached hydrogens (tertiary/aromatic N) is 11. The summed E-state index contributed by atoms with van der Waals surface area (Å²) in [4.78, 5) is 45.4. The van der Waals surface area contributed by atoms with Crippen molar-refractivity contribution in [1.29, 1.82) is 0 Å². The van der Waals surface area contributed by atoms with Crippen LogP contribution in [0.5, 0.6) is 0 Å². The third-order valence-electron chi connectivity index (χ3n) is 12.1. The van der Waals surface area contributed by atoms with Gasteiger partial charge in [-0.05, 0) is 177 Å². The van der Waals surface area contributed by atoms with Crippen LogP contribution < -0.4 is 0 Å². The maximum absolute atomic E-state index is 4.32. The SMILES string of the molecule is Cc1cccnc1-c1cccnc1.Cc1cccnc1-c1ccncc1.Cc1ccncc1-c1ccccc1.Cc1ccncc1-c1ccccn1.Cc1ccncc1-c1cccnc1.Cc1ccncc1-c1ccncc1. The number of aromatic nitrogens is 11. The van der Waals surface area contributed by atoms with E-state index in [1.807, 2.05) is 171 Å². The van der Waals surface area contributed by atoms with E-state index >= 15 is 0 Å². The van der Waals surface area contributed by atoms with Crippen molar-refractivity contribution in [3.8, 4) is 67.2 Å². The van der Waals surface area contributed by atoms with E-state index in [9.17, 15) is 0 Å². The van der Waals surface area contributed by atoms with Gasteiger partial charge >= 0.3 is 0 Å². The molecular formula is C67H61N11. The molecule has 0 aliphatic carbocycles. The monoisotopic (exact) mass is 1020 g/mol. The van der Waals surface area contributed by atoms with Gasteiger partial charge in [-0.25, -0.2) is 0 Å². The second kappa shape index (κ2) is 30.3. The fraction of sp³-hybridized carbons (Fsp3) is 0.0896. The van der Waals surface area contributed by atoms with Crippen molar-refractivity contribution < 1.29 is 0 Å². The van der Waals surface area contributed by atoms with Gasteiger partial charge in [0.15, 0.2) is 0 Å². The van der Waals surface area contributed by atoms with Crippen LogP contribution in [0.2, 0.25) is 0 Å². The largest absolute Gasteiger partial charge is 0.265 e. The van der Waals surface area contributed by atoms with Crippen molar-refractivity contribution in [2.75, 3.05) is 0 Å². The highest BCUT2D eigenvalue weighted by Gasteiger charge is 2.05. The Morgan fingerprint density at radius 3 is 1.00 bits per heavy atom. The van der Waals surface area contributed by atoms with E-state index in [0.29, 0.717) is 0 Å². The van der Waals surface area contributed by atoms with Crippen LogP contribution in [-0.2, 0) is 0 Å². The standard InChI is InChI=1S/C12H11N.5C11H10N2/c1-10-7-8-13-9-12(10)11-5-3-2-4-6-11;1-9-2-5-13-8-11(9)10-3-6-12-7-4-10;1-9-4-2-7-13-11(9)10-5-3-6-12-8-10;1-9-3-2-6-13-11(9)10-4-7-12-8-5-10;1-9-4-6-13-8-11(9)10-3-2-5-12-7-10;1-9-5-7-12-8-10(9)11-4-2-3-6-13-11/h2-9H,1H3;5*2-8H,1H3. The van der Waals surface area contributed by atoms with E-state index in [0.717, 1.165) is 44.9 Å². The van der Waals surface area contributed by atoms with Gasteiger partial charge in [-0.3, -0.25) is 54.8 Å². The zero-order valence-corrected chi connectivity index (χ0v) is 44.7. The minimum absolute atomic E-state index is 0.980. The molecular weight excluding hydrogens is 959 g/mol. The van der Waals surface area contributed by atoms with Crippen LogP contribution in [0.25, 0.3) is 67.2 Å². The van der Waals surface area contributed by atoms with Crippen LogP contribution in [0.4, 0.5) is 0 Å². The molecule has 0 saturated heterocycles. The molecule has 0 atom stereocenters. The molecule has 12 aromatic rings. The van der Waals surface area contributed by atoms with Gasteiger partial charge in [0.2, 0.25) is 0 Å². The molecule has 0 saturated carbocycles. The number of benzene rings is 1. The first-order valence-corrected chi connectivity index (χ1v) is 25.3. The molecule has 12 rings (SSSR count). The van der Waals surface area contributed by atoms with E-state index in [4.69, 9.17) is 0 Å². The predicted molar refractivity (Wildman–Crippen MR) is 315 cm³/mol. The van der Waals surface area contributed by atoms with Gasteiger partial charge in [-0.2, -0.15) is 0 Å². The highest BCUT2D eigenvalue weighted by molar-refractivity contribution is 5.68. The molecule has 11 nitrogen and oxygen atoms in total. The average Bonchev–Trinajstić information content (AvgIpc) is 3.50. The lowest BCUT2D eigenvalue weighted by Crippen LogP contribution is -1.86. The van der Waals surface area contributed by atoms with Crippen LogP contribution >= 0.6 is 0 Å². The van der Waals surface area contributed by atoms with Gasteiger partial charge in [0.05, 0.1) is 17.1 Å². The van der Waals surface area contributed by atoms with Crippen LogP contribution in [0, 0.1) is 41.5 Å². The second-order valence-electron chi connectivity index (χ2n) is 17.6. The van der Waals surface area contributed by atoms with Gasteiger partial charge in [0.1, 0.15) is 0 Å². The van der Waals surface area contributed by atoms with Crippen molar-refractivity contribution in [1.82, 2.24) is 54.8 Å². The minimum atomic E-state index is 0.980. The van der Waals surface area contributed by atoms with E-state index in [-0.39, 0.29) is 0 Å². The Labute approximate surface area is 458 Å². The zero-order chi connectivity index (χ0) is 54.6. The van der Waals surface area contributed by atoms with E-state index in [1.165, 1.54) is 55.6 Å². The minimum Gasteiger partial charge on any atom is -0.265 e. The number of hydrogen-bond acceptors (Lipinski definition) is 11. The molecule has 0 unspecified atom stereocenters. The lowest BCUT2D eigenvalue weighted by atomic mass is 10.0. The van der Waals surface area contributed by atoms with Gasteiger partial charge in [0, 0.05) is 157 Å². The molecule has 1 aromatic carbocycles. The molecule has 0 fully saturated rings. The molecule has 11 heteroatoms. The van der Waals surface area contributed by atoms with Gasteiger partial charge in [0.25, 0.3) is 0 Å².